The van der Waals surface area contributed by atoms with Crippen LogP contribution in [0.1, 0.15) is 19.3 Å². The lowest BCUT2D eigenvalue weighted by molar-refractivity contribution is 0.380. The molecular weight excluding hydrogens is 250 g/mol. The normalized spacial score (nSPS) is 39.6. The van der Waals surface area contributed by atoms with Crippen LogP contribution in [-0.4, -0.2) is 23.1 Å². The first-order valence-electron chi connectivity index (χ1n) is 6.61. The summed E-state index contributed by atoms with van der Waals surface area (Å²) >= 11 is 6.13. The lowest BCUT2D eigenvalue weighted by atomic mass is 10.0. The molecule has 3 aliphatic rings. The Morgan fingerprint density at radius 1 is 1.33 bits per heavy atom. The molecule has 4 rings (SSSR count). The number of rotatable bonds is 3. The van der Waals surface area contributed by atoms with Gasteiger partial charge in [-0.15, -0.1) is 0 Å². The summed E-state index contributed by atoms with van der Waals surface area (Å²) in [5.41, 5.74) is 0. The molecule has 4 nitrogen and oxygen atoms in total. The third kappa shape index (κ3) is 1.44. The fourth-order valence-corrected chi connectivity index (χ4v) is 4.37. The van der Waals surface area contributed by atoms with Crippen LogP contribution in [-0.2, 0) is 0 Å². The van der Waals surface area contributed by atoms with Gasteiger partial charge in [0.2, 0.25) is 0 Å². The zero-order chi connectivity index (χ0) is 12.3. The minimum absolute atomic E-state index is 0.371. The number of anilines is 1. The molecule has 4 unspecified atom stereocenters. The summed E-state index contributed by atoms with van der Waals surface area (Å²) in [6, 6.07) is 0.948. The van der Waals surface area contributed by atoms with E-state index in [0.29, 0.717) is 17.1 Å². The minimum atomic E-state index is 0.371. The number of methoxy groups -OCH3 is 1. The quantitative estimate of drug-likeness (QED) is 0.913. The van der Waals surface area contributed by atoms with Crippen molar-refractivity contribution < 1.29 is 4.74 Å². The van der Waals surface area contributed by atoms with Gasteiger partial charge in [-0.1, -0.05) is 11.6 Å². The Bertz CT molecular complexity index is 479. The third-order valence-electron chi connectivity index (χ3n) is 4.94. The van der Waals surface area contributed by atoms with Gasteiger partial charge in [0.1, 0.15) is 5.02 Å². The van der Waals surface area contributed by atoms with E-state index in [0.717, 1.165) is 29.5 Å². The van der Waals surface area contributed by atoms with Crippen LogP contribution >= 0.6 is 11.6 Å². The lowest BCUT2D eigenvalue weighted by Gasteiger charge is -2.12. The molecule has 1 aromatic rings. The molecule has 1 aromatic heterocycles. The zero-order valence-corrected chi connectivity index (χ0v) is 11.0. The summed E-state index contributed by atoms with van der Waals surface area (Å²) in [5, 5.41) is 4.08. The highest BCUT2D eigenvalue weighted by Gasteiger charge is 2.65. The monoisotopic (exact) mass is 265 g/mol. The highest BCUT2D eigenvalue weighted by atomic mass is 35.5. The van der Waals surface area contributed by atoms with Crippen LogP contribution in [0, 0.1) is 23.7 Å². The Hall–Kier alpha value is -1.03. The van der Waals surface area contributed by atoms with E-state index in [4.69, 9.17) is 16.3 Å². The van der Waals surface area contributed by atoms with Crippen molar-refractivity contribution in [1.82, 2.24) is 9.97 Å². The van der Waals surface area contributed by atoms with Gasteiger partial charge in [-0.25, -0.2) is 4.98 Å². The van der Waals surface area contributed by atoms with Crippen molar-refractivity contribution in [3.63, 3.8) is 0 Å². The van der Waals surface area contributed by atoms with Crippen molar-refractivity contribution in [2.75, 3.05) is 12.4 Å². The fourth-order valence-electron chi connectivity index (χ4n) is 4.23. The van der Waals surface area contributed by atoms with Crippen molar-refractivity contribution in [3.8, 4) is 6.01 Å². The molecular formula is C13H16ClN3O. The lowest BCUT2D eigenvalue weighted by Crippen LogP contribution is -2.14. The molecule has 2 bridgehead atoms. The largest absolute Gasteiger partial charge is 0.467 e. The van der Waals surface area contributed by atoms with E-state index < -0.39 is 0 Å². The second-order valence-electron chi connectivity index (χ2n) is 5.71. The first kappa shape index (κ1) is 10.9. The average molecular weight is 266 g/mol. The van der Waals surface area contributed by atoms with Crippen LogP contribution < -0.4 is 10.1 Å². The molecule has 0 aromatic carbocycles. The number of aromatic nitrogens is 2. The second kappa shape index (κ2) is 3.73. The van der Waals surface area contributed by atoms with Crippen LogP contribution in [0.4, 0.5) is 5.82 Å². The maximum Gasteiger partial charge on any atom is 0.318 e. The Kier molecular flexibility index (Phi) is 2.25. The number of nitrogens with zero attached hydrogens (tertiary/aromatic N) is 2. The zero-order valence-electron chi connectivity index (χ0n) is 10.3. The average Bonchev–Trinajstić information content (AvgIpc) is 2.79. The Balaban J connectivity index is 1.53. The van der Waals surface area contributed by atoms with Gasteiger partial charge in [0.05, 0.1) is 13.3 Å². The van der Waals surface area contributed by atoms with E-state index in [-0.39, 0.29) is 0 Å². The first-order chi connectivity index (χ1) is 8.78. The topological polar surface area (TPSA) is 47.0 Å². The van der Waals surface area contributed by atoms with E-state index >= 15 is 0 Å². The summed E-state index contributed by atoms with van der Waals surface area (Å²) in [4.78, 5) is 8.29. The number of halogens is 1. The Morgan fingerprint density at radius 2 is 2.06 bits per heavy atom. The highest BCUT2D eigenvalue weighted by molar-refractivity contribution is 6.32. The Labute approximate surface area is 111 Å². The van der Waals surface area contributed by atoms with Gasteiger partial charge in [0, 0.05) is 6.04 Å². The predicted octanol–water partition coefficient (Wildman–Crippen LogP) is 2.60. The van der Waals surface area contributed by atoms with E-state index in [1.165, 1.54) is 19.3 Å². The maximum absolute atomic E-state index is 6.13. The fraction of sp³-hybridized carbons (Fsp3) is 0.692. The summed E-state index contributed by atoms with van der Waals surface area (Å²) < 4.78 is 5.04. The van der Waals surface area contributed by atoms with Crippen molar-refractivity contribution in [2.45, 2.75) is 25.3 Å². The van der Waals surface area contributed by atoms with Crippen LogP contribution in [0.2, 0.25) is 5.02 Å². The molecule has 4 atom stereocenters. The van der Waals surface area contributed by atoms with Crippen LogP contribution in [0.5, 0.6) is 6.01 Å². The van der Waals surface area contributed by atoms with Crippen molar-refractivity contribution in [3.05, 3.63) is 11.2 Å². The molecule has 5 heteroatoms. The summed E-state index contributed by atoms with van der Waals surface area (Å²) in [6.45, 7) is 0. The summed E-state index contributed by atoms with van der Waals surface area (Å²) in [5.74, 6) is 4.34. The van der Waals surface area contributed by atoms with E-state index in [1.54, 1.807) is 13.3 Å². The van der Waals surface area contributed by atoms with Crippen LogP contribution in [0.25, 0.3) is 0 Å². The SMILES string of the molecule is COc1ncc(Cl)c(NC2C3C4CCC(C4)C23)n1. The number of fused-ring (bicyclic) bond motifs is 5. The van der Waals surface area contributed by atoms with Gasteiger partial charge < -0.3 is 10.1 Å². The van der Waals surface area contributed by atoms with Gasteiger partial charge in [-0.05, 0) is 42.9 Å². The molecule has 1 heterocycles. The van der Waals surface area contributed by atoms with Crippen LogP contribution in [0.3, 0.4) is 0 Å². The molecule has 0 spiro atoms. The molecule has 3 fully saturated rings. The van der Waals surface area contributed by atoms with Gasteiger partial charge in [0.15, 0.2) is 5.82 Å². The van der Waals surface area contributed by atoms with E-state index in [1.807, 2.05) is 0 Å². The minimum Gasteiger partial charge on any atom is -0.467 e. The van der Waals surface area contributed by atoms with Crippen LogP contribution in [0.15, 0.2) is 6.20 Å². The van der Waals surface area contributed by atoms with Crippen molar-refractivity contribution >= 4 is 17.4 Å². The predicted molar refractivity (Wildman–Crippen MR) is 68.8 cm³/mol. The smallest absolute Gasteiger partial charge is 0.318 e. The molecule has 0 radical (unpaired) electrons. The number of ether oxygens (including phenoxy) is 1. The molecule has 0 amide bonds. The molecule has 3 saturated carbocycles. The molecule has 0 saturated heterocycles. The number of hydrogen-bond acceptors (Lipinski definition) is 4. The van der Waals surface area contributed by atoms with Gasteiger partial charge in [0.25, 0.3) is 0 Å². The number of hydrogen-bond donors (Lipinski definition) is 1. The summed E-state index contributed by atoms with van der Waals surface area (Å²) in [7, 11) is 1.57. The van der Waals surface area contributed by atoms with Crippen molar-refractivity contribution in [1.29, 1.82) is 0 Å². The standard InChI is InChI=1S/C13H16ClN3O/c1-18-13-15-5-8(14)12(17-13)16-11-9-6-2-3-7(4-6)10(9)11/h5-7,9-11H,2-4H2,1H3,(H,15,16,17). The maximum atomic E-state index is 6.13. The van der Waals surface area contributed by atoms with Gasteiger partial charge in [-0.2, -0.15) is 4.98 Å². The third-order valence-corrected chi connectivity index (χ3v) is 5.22. The highest BCUT2D eigenvalue weighted by Crippen LogP contribution is 2.66. The molecule has 0 aliphatic heterocycles. The molecule has 1 N–H and O–H groups in total. The molecule has 18 heavy (non-hydrogen) atoms. The van der Waals surface area contributed by atoms with E-state index in [9.17, 15) is 0 Å². The number of nitrogens with one attached hydrogen (secondary N) is 1. The first-order valence-corrected chi connectivity index (χ1v) is 6.99. The van der Waals surface area contributed by atoms with Gasteiger partial charge in [-0.3, -0.25) is 0 Å². The van der Waals surface area contributed by atoms with E-state index in [2.05, 4.69) is 15.3 Å². The molecule has 3 aliphatic carbocycles. The van der Waals surface area contributed by atoms with Gasteiger partial charge >= 0.3 is 6.01 Å². The molecule has 96 valence electrons. The second-order valence-corrected chi connectivity index (χ2v) is 6.12. The summed E-state index contributed by atoms with van der Waals surface area (Å²) in [6.07, 6.45) is 5.90. The van der Waals surface area contributed by atoms with Crippen molar-refractivity contribution in [2.24, 2.45) is 23.7 Å². The Morgan fingerprint density at radius 3 is 2.72 bits per heavy atom.